The summed E-state index contributed by atoms with van der Waals surface area (Å²) >= 11 is 0. The highest BCUT2D eigenvalue weighted by Gasteiger charge is 2.16. The summed E-state index contributed by atoms with van der Waals surface area (Å²) in [6.45, 7) is 2.24. The second-order valence-corrected chi connectivity index (χ2v) is 5.79. The monoisotopic (exact) mass is 319 g/mol. The molecule has 1 aromatic rings. The van der Waals surface area contributed by atoms with Crippen molar-refractivity contribution >= 4 is 11.9 Å². The van der Waals surface area contributed by atoms with Crippen LogP contribution in [0.2, 0.25) is 0 Å². The van der Waals surface area contributed by atoms with Gasteiger partial charge in [-0.1, -0.05) is 25.7 Å². The number of rotatable bonds is 6. The Morgan fingerprint density at radius 3 is 2.35 bits per heavy atom. The molecule has 0 aliphatic heterocycles. The van der Waals surface area contributed by atoms with Crippen LogP contribution in [0.1, 0.15) is 55.8 Å². The van der Waals surface area contributed by atoms with Crippen molar-refractivity contribution in [1.29, 1.82) is 0 Å². The Hall–Kier alpha value is -2.04. The molecule has 2 rings (SSSR count). The van der Waals surface area contributed by atoms with E-state index >= 15 is 0 Å². The van der Waals surface area contributed by atoms with Crippen LogP contribution in [0.4, 0.5) is 0 Å². The Morgan fingerprint density at radius 2 is 1.74 bits per heavy atom. The molecule has 1 amide bonds. The molecule has 0 radical (unpaired) electrons. The summed E-state index contributed by atoms with van der Waals surface area (Å²) < 4.78 is 10.4. The Bertz CT molecular complexity index is 504. The third kappa shape index (κ3) is 5.93. The second-order valence-electron chi connectivity index (χ2n) is 5.79. The molecule has 1 fully saturated rings. The van der Waals surface area contributed by atoms with Gasteiger partial charge in [0.05, 0.1) is 12.2 Å². The van der Waals surface area contributed by atoms with Gasteiger partial charge in [-0.25, -0.2) is 4.79 Å². The van der Waals surface area contributed by atoms with E-state index in [-0.39, 0.29) is 18.6 Å². The summed E-state index contributed by atoms with van der Waals surface area (Å²) in [5.41, 5.74) is 0.413. The lowest BCUT2D eigenvalue weighted by atomic mass is 10.1. The molecule has 0 spiro atoms. The zero-order chi connectivity index (χ0) is 16.5. The van der Waals surface area contributed by atoms with E-state index in [0.29, 0.717) is 17.9 Å². The lowest BCUT2D eigenvalue weighted by Gasteiger charge is -2.16. The maximum Gasteiger partial charge on any atom is 0.338 e. The van der Waals surface area contributed by atoms with Crippen LogP contribution in [0.25, 0.3) is 0 Å². The molecule has 23 heavy (non-hydrogen) atoms. The van der Waals surface area contributed by atoms with Crippen LogP contribution in [0.3, 0.4) is 0 Å². The van der Waals surface area contributed by atoms with E-state index in [1.807, 2.05) is 6.92 Å². The Morgan fingerprint density at radius 1 is 1.09 bits per heavy atom. The van der Waals surface area contributed by atoms with E-state index < -0.39 is 5.97 Å². The standard InChI is InChI=1S/C18H25NO4/c1-2-22-16-11-9-14(10-12-16)18(21)23-13-17(20)19-15-7-5-3-4-6-8-15/h9-12,15H,2-8,13H2,1H3,(H,19,20). The molecule has 0 unspecified atom stereocenters. The Labute approximate surface area is 137 Å². The van der Waals surface area contributed by atoms with E-state index in [1.54, 1.807) is 24.3 Å². The lowest BCUT2D eigenvalue weighted by Crippen LogP contribution is -2.37. The minimum Gasteiger partial charge on any atom is -0.494 e. The van der Waals surface area contributed by atoms with E-state index in [2.05, 4.69) is 5.32 Å². The number of ether oxygens (including phenoxy) is 2. The van der Waals surface area contributed by atoms with Crippen LogP contribution in [0.5, 0.6) is 5.75 Å². The summed E-state index contributed by atoms with van der Waals surface area (Å²) in [6.07, 6.45) is 6.79. The van der Waals surface area contributed by atoms with Gasteiger partial charge in [0.1, 0.15) is 5.75 Å². The van der Waals surface area contributed by atoms with Crippen molar-refractivity contribution in [1.82, 2.24) is 5.32 Å². The molecule has 126 valence electrons. The number of esters is 1. The third-order valence-electron chi connectivity index (χ3n) is 3.96. The average molecular weight is 319 g/mol. The molecule has 1 aromatic carbocycles. The molecule has 0 saturated heterocycles. The number of carbonyl (C=O) groups excluding carboxylic acids is 2. The molecule has 1 saturated carbocycles. The number of benzene rings is 1. The van der Waals surface area contributed by atoms with Gasteiger partial charge in [0.15, 0.2) is 6.61 Å². The van der Waals surface area contributed by atoms with Crippen LogP contribution in [0, 0.1) is 0 Å². The zero-order valence-corrected chi connectivity index (χ0v) is 13.7. The van der Waals surface area contributed by atoms with Crippen molar-refractivity contribution in [3.8, 4) is 5.75 Å². The number of amides is 1. The first-order valence-corrected chi connectivity index (χ1v) is 8.38. The first kappa shape index (κ1) is 17.3. The summed E-state index contributed by atoms with van der Waals surface area (Å²) in [7, 11) is 0. The molecule has 0 bridgehead atoms. The van der Waals surface area contributed by atoms with Gasteiger partial charge in [0.25, 0.3) is 5.91 Å². The molecular weight excluding hydrogens is 294 g/mol. The van der Waals surface area contributed by atoms with Crippen LogP contribution in [-0.2, 0) is 9.53 Å². The van der Waals surface area contributed by atoms with Gasteiger partial charge in [-0.05, 0) is 44.0 Å². The topological polar surface area (TPSA) is 64.6 Å². The largest absolute Gasteiger partial charge is 0.494 e. The molecule has 1 N–H and O–H groups in total. The molecule has 5 heteroatoms. The van der Waals surface area contributed by atoms with Crippen molar-refractivity contribution < 1.29 is 19.1 Å². The van der Waals surface area contributed by atoms with E-state index in [1.165, 1.54) is 12.8 Å². The smallest absolute Gasteiger partial charge is 0.338 e. The van der Waals surface area contributed by atoms with E-state index in [9.17, 15) is 9.59 Å². The molecule has 1 aliphatic carbocycles. The minimum absolute atomic E-state index is 0.217. The quantitative estimate of drug-likeness (QED) is 0.646. The van der Waals surface area contributed by atoms with E-state index in [0.717, 1.165) is 25.7 Å². The maximum atomic E-state index is 11.9. The van der Waals surface area contributed by atoms with E-state index in [4.69, 9.17) is 9.47 Å². The summed E-state index contributed by atoms with van der Waals surface area (Å²) in [4.78, 5) is 23.8. The normalized spacial score (nSPS) is 15.5. The van der Waals surface area contributed by atoms with Gasteiger partial charge in [0, 0.05) is 6.04 Å². The molecule has 5 nitrogen and oxygen atoms in total. The maximum absolute atomic E-state index is 11.9. The number of carbonyl (C=O) groups is 2. The Kier molecular flexibility index (Phi) is 6.91. The SMILES string of the molecule is CCOc1ccc(C(=O)OCC(=O)NC2CCCCCC2)cc1. The third-order valence-corrected chi connectivity index (χ3v) is 3.96. The second kappa shape index (κ2) is 9.18. The number of nitrogens with one attached hydrogen (secondary N) is 1. The van der Waals surface area contributed by atoms with Gasteiger partial charge in [-0.15, -0.1) is 0 Å². The van der Waals surface area contributed by atoms with Crippen molar-refractivity contribution in [2.45, 2.75) is 51.5 Å². The minimum atomic E-state index is -0.496. The molecule has 0 aromatic heterocycles. The molecular formula is C18H25NO4. The summed E-state index contributed by atoms with van der Waals surface area (Å²) in [6, 6.07) is 6.92. The highest BCUT2D eigenvalue weighted by molar-refractivity contribution is 5.91. The lowest BCUT2D eigenvalue weighted by molar-refractivity contribution is -0.125. The first-order valence-electron chi connectivity index (χ1n) is 8.38. The van der Waals surface area contributed by atoms with Crippen molar-refractivity contribution in [2.24, 2.45) is 0 Å². The average Bonchev–Trinajstić information content (AvgIpc) is 2.82. The molecule has 0 atom stereocenters. The van der Waals surface area contributed by atoms with Crippen molar-refractivity contribution in [3.05, 3.63) is 29.8 Å². The fourth-order valence-electron chi connectivity index (χ4n) is 2.76. The highest BCUT2D eigenvalue weighted by Crippen LogP contribution is 2.17. The number of hydrogen-bond donors (Lipinski definition) is 1. The van der Waals surface area contributed by atoms with Gasteiger partial charge >= 0.3 is 5.97 Å². The van der Waals surface area contributed by atoms with Gasteiger partial charge in [-0.2, -0.15) is 0 Å². The predicted octanol–water partition coefficient (Wildman–Crippen LogP) is 3.08. The molecule has 0 heterocycles. The predicted molar refractivity (Wildman–Crippen MR) is 87.5 cm³/mol. The van der Waals surface area contributed by atoms with Gasteiger partial charge in [0.2, 0.25) is 0 Å². The summed E-state index contributed by atoms with van der Waals surface area (Å²) in [5, 5.41) is 2.96. The number of hydrogen-bond acceptors (Lipinski definition) is 4. The first-order chi connectivity index (χ1) is 11.2. The van der Waals surface area contributed by atoms with Crippen LogP contribution in [-0.4, -0.2) is 31.1 Å². The van der Waals surface area contributed by atoms with Crippen LogP contribution < -0.4 is 10.1 Å². The van der Waals surface area contributed by atoms with Crippen LogP contribution >= 0.6 is 0 Å². The van der Waals surface area contributed by atoms with Gasteiger partial charge < -0.3 is 14.8 Å². The van der Waals surface area contributed by atoms with Crippen molar-refractivity contribution in [3.63, 3.8) is 0 Å². The van der Waals surface area contributed by atoms with Crippen molar-refractivity contribution in [2.75, 3.05) is 13.2 Å². The molecule has 1 aliphatic rings. The zero-order valence-electron chi connectivity index (χ0n) is 13.7. The highest BCUT2D eigenvalue weighted by atomic mass is 16.5. The fraction of sp³-hybridized carbons (Fsp3) is 0.556. The summed E-state index contributed by atoms with van der Waals surface area (Å²) in [5.74, 6) is -0.0181. The van der Waals surface area contributed by atoms with Crippen LogP contribution in [0.15, 0.2) is 24.3 Å². The Balaban J connectivity index is 1.75. The fourth-order valence-corrected chi connectivity index (χ4v) is 2.76. The van der Waals surface area contributed by atoms with Gasteiger partial charge in [-0.3, -0.25) is 4.79 Å².